The monoisotopic (exact) mass is 278 g/mol. The van der Waals surface area contributed by atoms with Crippen LogP contribution in [0.25, 0.3) is 0 Å². The van der Waals surface area contributed by atoms with Gasteiger partial charge >= 0.3 is 5.97 Å². The number of carbonyl (C=O) groups is 4. The predicted octanol–water partition coefficient (Wildman–Crippen LogP) is 1.95. The highest BCUT2D eigenvalue weighted by atomic mass is 35.5. The Hall–Kier alpha value is -1.23. The summed E-state index contributed by atoms with van der Waals surface area (Å²) in [5.41, 5.74) is 0. The highest BCUT2D eigenvalue weighted by Crippen LogP contribution is 2.04. The highest BCUT2D eigenvalue weighted by Gasteiger charge is 2.10. The molecule has 5 nitrogen and oxygen atoms in total. The fourth-order valence-corrected chi connectivity index (χ4v) is 1.23. The van der Waals surface area contributed by atoms with Crippen LogP contribution in [0.15, 0.2) is 0 Å². The van der Waals surface area contributed by atoms with Gasteiger partial charge in [-0.2, -0.15) is 0 Å². The molecule has 0 amide bonds. The normalized spacial score (nSPS) is 9.39. The molecule has 0 bridgehead atoms. The number of hydrogen-bond donors (Lipinski definition) is 1. The summed E-state index contributed by atoms with van der Waals surface area (Å²) in [6.07, 6.45) is 0.794. The van der Waals surface area contributed by atoms with Crippen LogP contribution in [0.5, 0.6) is 0 Å². The van der Waals surface area contributed by atoms with Gasteiger partial charge < -0.3 is 5.11 Å². The molecule has 0 aromatic heterocycles. The molecular weight excluding hydrogens is 260 g/mol. The third-order valence-electron chi connectivity index (χ3n) is 2.38. The van der Waals surface area contributed by atoms with Gasteiger partial charge in [-0.3, -0.25) is 19.2 Å². The van der Waals surface area contributed by atoms with Gasteiger partial charge in [-0.15, -0.1) is 12.4 Å². The highest BCUT2D eigenvalue weighted by molar-refractivity contribution is 5.89. The Balaban J connectivity index is 0. The third-order valence-corrected chi connectivity index (χ3v) is 2.38. The van der Waals surface area contributed by atoms with Crippen molar-refractivity contribution in [2.45, 2.75) is 51.9 Å². The van der Waals surface area contributed by atoms with Crippen LogP contribution < -0.4 is 0 Å². The first-order valence-electron chi connectivity index (χ1n) is 5.72. The third kappa shape index (κ3) is 11.3. The minimum absolute atomic E-state index is 0. The molecule has 0 atom stereocenters. The number of carbonyl (C=O) groups excluding carboxylic acids is 3. The second-order valence-electron chi connectivity index (χ2n) is 3.86. The first-order chi connectivity index (χ1) is 7.95. The maximum Gasteiger partial charge on any atom is 0.303 e. The fourth-order valence-electron chi connectivity index (χ4n) is 1.23. The SMILES string of the molecule is CCC(=O)CCC(=O)CCC(=O)CCC(=O)O.Cl. The van der Waals surface area contributed by atoms with Gasteiger partial charge in [0.25, 0.3) is 0 Å². The minimum Gasteiger partial charge on any atom is -0.481 e. The maximum atomic E-state index is 11.3. The van der Waals surface area contributed by atoms with Crippen molar-refractivity contribution < 1.29 is 24.3 Å². The number of Topliss-reactive ketones (excluding diaryl/α,β-unsaturated/α-hetero) is 3. The lowest BCUT2D eigenvalue weighted by atomic mass is 10.0. The van der Waals surface area contributed by atoms with Crippen LogP contribution in [0, 0.1) is 0 Å². The lowest BCUT2D eigenvalue weighted by Gasteiger charge is -1.99. The predicted molar refractivity (Wildman–Crippen MR) is 67.9 cm³/mol. The summed E-state index contributed by atoms with van der Waals surface area (Å²) in [4.78, 5) is 43.6. The van der Waals surface area contributed by atoms with Gasteiger partial charge in [0.1, 0.15) is 17.3 Å². The van der Waals surface area contributed by atoms with E-state index < -0.39 is 5.97 Å². The molecule has 1 N–H and O–H groups in total. The summed E-state index contributed by atoms with van der Waals surface area (Å²) in [5, 5.41) is 8.36. The number of halogens is 1. The molecule has 0 radical (unpaired) electrons. The first-order valence-corrected chi connectivity index (χ1v) is 5.72. The van der Waals surface area contributed by atoms with Crippen molar-refractivity contribution in [3.05, 3.63) is 0 Å². The maximum absolute atomic E-state index is 11.3. The van der Waals surface area contributed by atoms with E-state index in [0.717, 1.165) is 0 Å². The summed E-state index contributed by atoms with van der Waals surface area (Å²) in [6.45, 7) is 1.74. The van der Waals surface area contributed by atoms with Gasteiger partial charge in [-0.25, -0.2) is 0 Å². The Morgan fingerprint density at radius 2 is 1.06 bits per heavy atom. The molecule has 18 heavy (non-hydrogen) atoms. The average molecular weight is 279 g/mol. The quantitative estimate of drug-likeness (QED) is 0.660. The lowest BCUT2D eigenvalue weighted by Crippen LogP contribution is -2.08. The molecule has 0 aliphatic rings. The van der Waals surface area contributed by atoms with Gasteiger partial charge in [-0.05, 0) is 0 Å². The molecule has 0 unspecified atom stereocenters. The zero-order valence-corrected chi connectivity index (χ0v) is 11.3. The molecule has 0 heterocycles. The fraction of sp³-hybridized carbons (Fsp3) is 0.667. The molecule has 6 heteroatoms. The van der Waals surface area contributed by atoms with Crippen LogP contribution in [0.1, 0.15) is 51.9 Å². The van der Waals surface area contributed by atoms with E-state index in [-0.39, 0.29) is 68.3 Å². The van der Waals surface area contributed by atoms with Gasteiger partial charge in [0.15, 0.2) is 0 Å². The van der Waals surface area contributed by atoms with Crippen LogP contribution in [-0.2, 0) is 19.2 Å². The first kappa shape index (κ1) is 19.1. The van der Waals surface area contributed by atoms with Crippen LogP contribution in [0.2, 0.25) is 0 Å². The van der Waals surface area contributed by atoms with E-state index in [1.165, 1.54) is 0 Å². The molecule has 0 aromatic rings. The minimum atomic E-state index is -1.02. The van der Waals surface area contributed by atoms with Gasteiger partial charge in [0, 0.05) is 38.5 Å². The van der Waals surface area contributed by atoms with E-state index in [0.29, 0.717) is 6.42 Å². The Bertz CT molecular complexity index is 312. The number of aliphatic carboxylic acids is 1. The van der Waals surface area contributed by atoms with Crippen molar-refractivity contribution in [1.82, 2.24) is 0 Å². The lowest BCUT2D eigenvalue weighted by molar-refractivity contribution is -0.138. The summed E-state index contributed by atoms with van der Waals surface area (Å²) in [7, 11) is 0. The molecule has 0 spiro atoms. The van der Waals surface area contributed by atoms with Crippen LogP contribution >= 0.6 is 12.4 Å². The van der Waals surface area contributed by atoms with Crippen molar-refractivity contribution in [1.29, 1.82) is 0 Å². The Morgan fingerprint density at radius 1 is 0.722 bits per heavy atom. The standard InChI is InChI=1S/C12H18O5.ClH/c1-2-9(13)3-4-10(14)5-6-11(15)7-8-12(16)17;/h2-8H2,1H3,(H,16,17);1H. The van der Waals surface area contributed by atoms with E-state index in [4.69, 9.17) is 5.11 Å². The Morgan fingerprint density at radius 3 is 1.39 bits per heavy atom. The summed E-state index contributed by atoms with van der Waals surface area (Å²) in [6, 6.07) is 0. The topological polar surface area (TPSA) is 88.5 Å². The van der Waals surface area contributed by atoms with Crippen molar-refractivity contribution in [3.63, 3.8) is 0 Å². The average Bonchev–Trinajstić information content (AvgIpc) is 2.30. The summed E-state index contributed by atoms with van der Waals surface area (Å²) >= 11 is 0. The van der Waals surface area contributed by atoms with E-state index in [2.05, 4.69) is 0 Å². The Kier molecular flexibility index (Phi) is 11.6. The summed E-state index contributed by atoms with van der Waals surface area (Å²) in [5.74, 6) is -1.31. The molecule has 0 rings (SSSR count). The largest absolute Gasteiger partial charge is 0.481 e. The molecule has 0 aliphatic heterocycles. The van der Waals surface area contributed by atoms with E-state index in [1.807, 2.05) is 0 Å². The van der Waals surface area contributed by atoms with Crippen LogP contribution in [-0.4, -0.2) is 28.4 Å². The molecule has 0 saturated heterocycles. The molecule has 0 aromatic carbocycles. The van der Waals surface area contributed by atoms with Crippen molar-refractivity contribution in [3.8, 4) is 0 Å². The van der Waals surface area contributed by atoms with Gasteiger partial charge in [0.05, 0.1) is 6.42 Å². The van der Waals surface area contributed by atoms with Crippen molar-refractivity contribution >= 4 is 35.7 Å². The van der Waals surface area contributed by atoms with E-state index in [1.54, 1.807) is 6.92 Å². The van der Waals surface area contributed by atoms with Crippen molar-refractivity contribution in [2.75, 3.05) is 0 Å². The smallest absolute Gasteiger partial charge is 0.303 e. The molecule has 0 aliphatic carbocycles. The second kappa shape index (κ2) is 10.9. The van der Waals surface area contributed by atoms with Gasteiger partial charge in [-0.1, -0.05) is 6.92 Å². The number of ketones is 3. The second-order valence-corrected chi connectivity index (χ2v) is 3.86. The van der Waals surface area contributed by atoms with E-state index in [9.17, 15) is 19.2 Å². The zero-order valence-electron chi connectivity index (χ0n) is 10.4. The Labute approximate surface area is 112 Å². The molecule has 0 fully saturated rings. The number of carboxylic acid groups (broad SMARTS) is 1. The van der Waals surface area contributed by atoms with Gasteiger partial charge in [0.2, 0.25) is 0 Å². The molecule has 104 valence electrons. The molecule has 0 saturated carbocycles. The summed E-state index contributed by atoms with van der Waals surface area (Å²) < 4.78 is 0. The molecular formula is C12H19ClO5. The number of hydrogen-bond acceptors (Lipinski definition) is 4. The zero-order chi connectivity index (χ0) is 13.3. The van der Waals surface area contributed by atoms with E-state index >= 15 is 0 Å². The number of carboxylic acids is 1. The van der Waals surface area contributed by atoms with Crippen LogP contribution in [0.4, 0.5) is 0 Å². The number of rotatable bonds is 10. The van der Waals surface area contributed by atoms with Crippen molar-refractivity contribution in [2.24, 2.45) is 0 Å². The van der Waals surface area contributed by atoms with Crippen LogP contribution in [0.3, 0.4) is 0 Å².